The first-order valence-electron chi connectivity index (χ1n) is 6.71. The summed E-state index contributed by atoms with van der Waals surface area (Å²) >= 11 is 0. The van der Waals surface area contributed by atoms with Crippen molar-refractivity contribution < 1.29 is 23.1 Å². The average molecular weight is 349 g/mol. The van der Waals surface area contributed by atoms with E-state index in [0.29, 0.717) is 0 Å². The average Bonchev–Trinajstić information content (AvgIpc) is 2.49. The van der Waals surface area contributed by atoms with Crippen LogP contribution < -0.4 is 15.8 Å². The van der Waals surface area contributed by atoms with Gasteiger partial charge < -0.3 is 15.7 Å². The van der Waals surface area contributed by atoms with Gasteiger partial charge in [0.05, 0.1) is 10.6 Å². The largest absolute Gasteiger partial charge is 0.506 e. The molecule has 9 heteroatoms. The van der Waals surface area contributed by atoms with E-state index < -0.39 is 21.8 Å². The third-order valence-electron chi connectivity index (χ3n) is 3.05. The number of rotatable bonds is 3. The minimum Gasteiger partial charge on any atom is -0.506 e. The summed E-state index contributed by atoms with van der Waals surface area (Å²) in [6.07, 6.45) is 0. The number of sulfonamides is 1. The lowest BCUT2D eigenvalue weighted by atomic mass is 10.2. The number of carbonyl (C=O) groups is 2. The van der Waals surface area contributed by atoms with Crippen molar-refractivity contribution in [1.82, 2.24) is 0 Å². The molecule has 0 aliphatic rings. The maximum absolute atomic E-state index is 11.8. The van der Waals surface area contributed by atoms with Crippen LogP contribution >= 0.6 is 0 Å². The van der Waals surface area contributed by atoms with Gasteiger partial charge in [-0.1, -0.05) is 6.07 Å². The van der Waals surface area contributed by atoms with Crippen LogP contribution in [0.5, 0.6) is 5.75 Å². The Hall–Kier alpha value is -2.91. The van der Waals surface area contributed by atoms with Gasteiger partial charge in [-0.3, -0.25) is 9.59 Å². The first kappa shape index (κ1) is 17.4. The molecule has 0 unspecified atom stereocenters. The monoisotopic (exact) mass is 349 g/mol. The standard InChI is InChI=1S/C15H15N3O5S/c1-9-2-7-12(13(19)8-9)18-15(21)14(20)17-10-3-5-11(6-4-10)24(16,22)23/h2-8,19H,1H3,(H,17,20)(H,18,21)(H2,16,22,23). The molecule has 0 saturated heterocycles. The maximum Gasteiger partial charge on any atom is 0.314 e. The van der Waals surface area contributed by atoms with Gasteiger partial charge in [-0.15, -0.1) is 0 Å². The number of carbonyl (C=O) groups excluding carboxylic acids is 2. The molecule has 2 rings (SSSR count). The van der Waals surface area contributed by atoms with E-state index in [2.05, 4.69) is 10.6 Å². The van der Waals surface area contributed by atoms with Crippen molar-refractivity contribution in [3.05, 3.63) is 48.0 Å². The second-order valence-corrected chi connectivity index (χ2v) is 6.56. The minimum atomic E-state index is -3.83. The van der Waals surface area contributed by atoms with Crippen LogP contribution in [0.1, 0.15) is 5.56 Å². The molecule has 0 aliphatic heterocycles. The van der Waals surface area contributed by atoms with Gasteiger partial charge in [-0.25, -0.2) is 13.6 Å². The van der Waals surface area contributed by atoms with Crippen LogP contribution in [0.4, 0.5) is 11.4 Å². The van der Waals surface area contributed by atoms with Crippen molar-refractivity contribution in [3.63, 3.8) is 0 Å². The van der Waals surface area contributed by atoms with Crippen molar-refractivity contribution in [1.29, 1.82) is 0 Å². The zero-order valence-electron chi connectivity index (χ0n) is 12.6. The second kappa shape index (κ2) is 6.69. The van der Waals surface area contributed by atoms with Gasteiger partial charge in [0.15, 0.2) is 0 Å². The number of nitrogens with two attached hydrogens (primary N) is 1. The Morgan fingerprint density at radius 3 is 2.12 bits per heavy atom. The number of benzene rings is 2. The summed E-state index contributed by atoms with van der Waals surface area (Å²) in [4.78, 5) is 23.5. The predicted octanol–water partition coefficient (Wildman–Crippen LogP) is 0.925. The second-order valence-electron chi connectivity index (χ2n) is 5.00. The SMILES string of the molecule is Cc1ccc(NC(=O)C(=O)Nc2ccc(S(N)(=O)=O)cc2)c(O)c1. The molecule has 0 spiro atoms. The predicted molar refractivity (Wildman–Crippen MR) is 87.9 cm³/mol. The van der Waals surface area contributed by atoms with E-state index >= 15 is 0 Å². The van der Waals surface area contributed by atoms with Crippen molar-refractivity contribution in [3.8, 4) is 5.75 Å². The van der Waals surface area contributed by atoms with Gasteiger partial charge in [0, 0.05) is 5.69 Å². The fourth-order valence-electron chi connectivity index (χ4n) is 1.84. The zero-order valence-corrected chi connectivity index (χ0v) is 13.4. The maximum atomic E-state index is 11.8. The summed E-state index contributed by atoms with van der Waals surface area (Å²) in [6, 6.07) is 9.58. The van der Waals surface area contributed by atoms with Crippen LogP contribution in [0.15, 0.2) is 47.4 Å². The number of anilines is 2. The van der Waals surface area contributed by atoms with Crippen LogP contribution in [0.25, 0.3) is 0 Å². The number of phenolic OH excluding ortho intramolecular Hbond substituents is 1. The van der Waals surface area contributed by atoms with Crippen molar-refractivity contribution in [2.75, 3.05) is 10.6 Å². The molecule has 0 aliphatic carbocycles. The molecule has 0 radical (unpaired) electrons. The van der Waals surface area contributed by atoms with E-state index in [9.17, 15) is 23.1 Å². The smallest absolute Gasteiger partial charge is 0.314 e. The summed E-state index contributed by atoms with van der Waals surface area (Å²) < 4.78 is 22.3. The van der Waals surface area contributed by atoms with Crippen LogP contribution in [0.3, 0.4) is 0 Å². The molecular formula is C15H15N3O5S. The minimum absolute atomic E-state index is 0.102. The fourth-order valence-corrected chi connectivity index (χ4v) is 2.36. The number of phenols is 1. The summed E-state index contributed by atoms with van der Waals surface area (Å²) in [6.45, 7) is 1.77. The zero-order chi connectivity index (χ0) is 17.9. The van der Waals surface area contributed by atoms with Crippen LogP contribution in [-0.2, 0) is 19.6 Å². The molecule has 126 valence electrons. The Bertz CT molecular complexity index is 892. The molecule has 0 saturated carbocycles. The number of hydrogen-bond donors (Lipinski definition) is 4. The Kier molecular flexibility index (Phi) is 4.86. The molecule has 0 aromatic heterocycles. The van der Waals surface area contributed by atoms with Crippen LogP contribution in [0.2, 0.25) is 0 Å². The lowest BCUT2D eigenvalue weighted by Gasteiger charge is -2.09. The normalized spacial score (nSPS) is 10.9. The molecule has 2 aromatic rings. The fraction of sp³-hybridized carbons (Fsp3) is 0.0667. The van der Waals surface area contributed by atoms with Crippen LogP contribution in [-0.4, -0.2) is 25.3 Å². The van der Waals surface area contributed by atoms with E-state index in [1.807, 2.05) is 0 Å². The quantitative estimate of drug-likeness (QED) is 0.482. The molecule has 0 atom stereocenters. The highest BCUT2D eigenvalue weighted by Gasteiger charge is 2.16. The highest BCUT2D eigenvalue weighted by atomic mass is 32.2. The highest BCUT2D eigenvalue weighted by Crippen LogP contribution is 2.23. The van der Waals surface area contributed by atoms with Gasteiger partial charge in [-0.05, 0) is 48.9 Å². The van der Waals surface area contributed by atoms with Crippen LogP contribution in [0, 0.1) is 6.92 Å². The molecule has 0 bridgehead atoms. The Labute approximate surface area is 138 Å². The van der Waals surface area contributed by atoms with Crippen molar-refractivity contribution in [2.45, 2.75) is 11.8 Å². The number of aromatic hydroxyl groups is 1. The summed E-state index contributed by atoms with van der Waals surface area (Å²) in [7, 11) is -3.83. The lowest BCUT2D eigenvalue weighted by Crippen LogP contribution is -2.29. The number of aryl methyl sites for hydroxylation is 1. The molecule has 0 fully saturated rings. The number of amides is 2. The summed E-state index contributed by atoms with van der Waals surface area (Å²) in [5, 5.41) is 19.2. The van der Waals surface area contributed by atoms with E-state index in [0.717, 1.165) is 5.56 Å². The molecule has 8 nitrogen and oxygen atoms in total. The van der Waals surface area contributed by atoms with E-state index in [1.165, 1.54) is 36.4 Å². The van der Waals surface area contributed by atoms with Gasteiger partial charge >= 0.3 is 11.8 Å². The Morgan fingerprint density at radius 2 is 1.58 bits per heavy atom. The van der Waals surface area contributed by atoms with Crippen molar-refractivity contribution >= 4 is 33.2 Å². The topological polar surface area (TPSA) is 139 Å². The van der Waals surface area contributed by atoms with Gasteiger partial charge in [0.2, 0.25) is 10.0 Å². The van der Waals surface area contributed by atoms with E-state index in [-0.39, 0.29) is 22.0 Å². The lowest BCUT2D eigenvalue weighted by molar-refractivity contribution is -0.133. The summed E-state index contributed by atoms with van der Waals surface area (Å²) in [5.74, 6) is -2.11. The number of nitrogens with one attached hydrogen (secondary N) is 2. The highest BCUT2D eigenvalue weighted by molar-refractivity contribution is 7.89. The third kappa shape index (κ3) is 4.31. The molecule has 24 heavy (non-hydrogen) atoms. The first-order valence-corrected chi connectivity index (χ1v) is 8.26. The van der Waals surface area contributed by atoms with Gasteiger partial charge in [-0.2, -0.15) is 0 Å². The molecule has 2 aromatic carbocycles. The number of primary sulfonamides is 1. The Balaban J connectivity index is 2.05. The van der Waals surface area contributed by atoms with Gasteiger partial charge in [0.1, 0.15) is 5.75 Å². The first-order chi connectivity index (χ1) is 11.2. The molecule has 0 heterocycles. The molecular weight excluding hydrogens is 334 g/mol. The van der Waals surface area contributed by atoms with Crippen molar-refractivity contribution in [2.24, 2.45) is 5.14 Å². The molecule has 2 amide bonds. The molecule has 5 N–H and O–H groups in total. The summed E-state index contributed by atoms with van der Waals surface area (Å²) in [5.41, 5.74) is 1.12. The van der Waals surface area contributed by atoms with E-state index in [1.54, 1.807) is 13.0 Å². The Morgan fingerprint density at radius 1 is 1.00 bits per heavy atom. The third-order valence-corrected chi connectivity index (χ3v) is 3.98. The number of hydrogen-bond acceptors (Lipinski definition) is 5. The van der Waals surface area contributed by atoms with E-state index in [4.69, 9.17) is 5.14 Å². The van der Waals surface area contributed by atoms with Gasteiger partial charge in [0.25, 0.3) is 0 Å².